The highest BCUT2D eigenvalue weighted by Gasteiger charge is 2.15. The molecule has 22 heavy (non-hydrogen) atoms. The number of rotatable bonds is 5. The molecule has 0 bridgehead atoms. The highest BCUT2D eigenvalue weighted by Crippen LogP contribution is 2.15. The monoisotopic (exact) mass is 298 g/mol. The number of aromatic nitrogens is 2. The van der Waals surface area contributed by atoms with Crippen molar-refractivity contribution < 1.29 is 13.6 Å². The molecule has 3 aromatic rings. The molecule has 112 valence electrons. The van der Waals surface area contributed by atoms with Crippen LogP contribution >= 0.6 is 0 Å². The number of carbonyl (C=O) groups is 1. The molecule has 0 saturated carbocycles. The van der Waals surface area contributed by atoms with Crippen LogP contribution in [0, 0.1) is 0 Å². The summed E-state index contributed by atoms with van der Waals surface area (Å²) in [6.45, 7) is 1.87. The Labute approximate surface area is 126 Å². The van der Waals surface area contributed by atoms with E-state index in [4.69, 9.17) is 8.83 Å². The van der Waals surface area contributed by atoms with E-state index in [9.17, 15) is 9.59 Å². The van der Waals surface area contributed by atoms with Crippen LogP contribution in [-0.4, -0.2) is 15.6 Å². The van der Waals surface area contributed by atoms with Crippen molar-refractivity contribution in [1.82, 2.24) is 9.78 Å². The van der Waals surface area contributed by atoms with Crippen molar-refractivity contribution >= 4 is 5.78 Å². The van der Waals surface area contributed by atoms with E-state index in [0.717, 1.165) is 16.7 Å². The van der Waals surface area contributed by atoms with Crippen molar-refractivity contribution in [3.05, 3.63) is 64.3 Å². The third-order valence-electron chi connectivity index (χ3n) is 3.32. The molecule has 3 rings (SSSR count). The van der Waals surface area contributed by atoms with Crippen molar-refractivity contribution in [2.24, 2.45) is 0 Å². The second-order valence-corrected chi connectivity index (χ2v) is 4.78. The molecule has 0 fully saturated rings. The molecule has 0 aliphatic heterocycles. The summed E-state index contributed by atoms with van der Waals surface area (Å²) < 4.78 is 11.1. The van der Waals surface area contributed by atoms with Gasteiger partial charge in [0, 0.05) is 5.56 Å². The average molecular weight is 298 g/mol. The van der Waals surface area contributed by atoms with E-state index in [1.807, 2.05) is 19.1 Å². The van der Waals surface area contributed by atoms with Crippen molar-refractivity contribution in [3.8, 4) is 11.7 Å². The molecule has 0 aliphatic carbocycles. The minimum Gasteiger partial charge on any atom is -0.459 e. The zero-order valence-corrected chi connectivity index (χ0v) is 12.0. The summed E-state index contributed by atoms with van der Waals surface area (Å²) >= 11 is 0. The zero-order chi connectivity index (χ0) is 15.5. The Morgan fingerprint density at radius 3 is 2.64 bits per heavy atom. The largest absolute Gasteiger partial charge is 0.459 e. The normalized spacial score (nSPS) is 10.8. The van der Waals surface area contributed by atoms with Crippen LogP contribution in [0.15, 0.2) is 56.3 Å². The molecule has 0 unspecified atom stereocenters. The van der Waals surface area contributed by atoms with Gasteiger partial charge in [-0.3, -0.25) is 4.79 Å². The van der Waals surface area contributed by atoms with Gasteiger partial charge in [0.1, 0.15) is 6.54 Å². The predicted molar refractivity (Wildman–Crippen MR) is 78.6 cm³/mol. The first-order valence-electron chi connectivity index (χ1n) is 6.91. The number of benzene rings is 1. The van der Waals surface area contributed by atoms with E-state index < -0.39 is 5.76 Å². The van der Waals surface area contributed by atoms with Crippen LogP contribution in [0.4, 0.5) is 0 Å². The number of ketones is 1. The van der Waals surface area contributed by atoms with Crippen molar-refractivity contribution in [2.45, 2.75) is 19.9 Å². The number of hydrogen-bond donors (Lipinski definition) is 0. The predicted octanol–water partition coefficient (Wildman–Crippen LogP) is 2.54. The second kappa shape index (κ2) is 5.85. The third-order valence-corrected chi connectivity index (χ3v) is 3.32. The number of Topliss-reactive ketones (excluding diaryl/α,β-unsaturated/α-hetero) is 1. The quantitative estimate of drug-likeness (QED) is 0.676. The Morgan fingerprint density at radius 1 is 1.23 bits per heavy atom. The molecular weight excluding hydrogens is 284 g/mol. The maximum atomic E-state index is 12.2. The van der Waals surface area contributed by atoms with Gasteiger partial charge < -0.3 is 8.83 Å². The SMILES string of the molecule is CCc1ccc(C(=O)Cn2nc(-c3ccco3)oc2=O)cc1. The summed E-state index contributed by atoms with van der Waals surface area (Å²) in [5.74, 6) is -0.492. The number of furan rings is 1. The third kappa shape index (κ3) is 2.76. The molecule has 0 N–H and O–H groups in total. The Morgan fingerprint density at radius 2 is 2.00 bits per heavy atom. The molecule has 0 saturated heterocycles. The summed E-state index contributed by atoms with van der Waals surface area (Å²) in [5.41, 5.74) is 1.68. The number of nitrogens with zero attached hydrogens (tertiary/aromatic N) is 2. The Bertz CT molecular complexity index is 826. The molecule has 0 amide bonds. The molecule has 1 aromatic carbocycles. The van der Waals surface area contributed by atoms with Crippen LogP contribution in [0.2, 0.25) is 0 Å². The van der Waals surface area contributed by atoms with Gasteiger partial charge in [-0.2, -0.15) is 4.68 Å². The standard InChI is InChI=1S/C16H14N2O4/c1-2-11-5-7-12(8-6-11)13(19)10-18-16(20)22-15(17-18)14-4-3-9-21-14/h3-9H,2,10H2,1H3. The Balaban J connectivity index is 1.80. The van der Waals surface area contributed by atoms with Gasteiger partial charge in [-0.05, 0) is 24.1 Å². The molecule has 6 heteroatoms. The van der Waals surface area contributed by atoms with Crippen molar-refractivity contribution in [1.29, 1.82) is 0 Å². The van der Waals surface area contributed by atoms with Gasteiger partial charge >= 0.3 is 5.76 Å². The average Bonchev–Trinajstić information content (AvgIpc) is 3.18. The van der Waals surface area contributed by atoms with Crippen LogP contribution in [0.25, 0.3) is 11.7 Å². The first-order chi connectivity index (χ1) is 10.7. The summed E-state index contributed by atoms with van der Waals surface area (Å²) in [6.07, 6.45) is 2.36. The first-order valence-corrected chi connectivity index (χ1v) is 6.91. The fraction of sp³-hybridized carbons (Fsp3) is 0.188. The lowest BCUT2D eigenvalue weighted by Crippen LogP contribution is -2.21. The van der Waals surface area contributed by atoms with Gasteiger partial charge in [0.25, 0.3) is 5.89 Å². The number of carbonyl (C=O) groups excluding carboxylic acids is 1. The number of hydrogen-bond acceptors (Lipinski definition) is 5. The fourth-order valence-corrected chi connectivity index (χ4v) is 2.06. The summed E-state index contributed by atoms with van der Waals surface area (Å²) in [4.78, 5) is 23.9. The highest BCUT2D eigenvalue weighted by molar-refractivity contribution is 5.95. The highest BCUT2D eigenvalue weighted by atomic mass is 16.4. The first kappa shape index (κ1) is 14.1. The molecule has 0 spiro atoms. The molecule has 2 heterocycles. The van der Waals surface area contributed by atoms with E-state index >= 15 is 0 Å². The Kier molecular flexibility index (Phi) is 3.74. The van der Waals surface area contributed by atoms with Gasteiger partial charge in [0.2, 0.25) is 0 Å². The van der Waals surface area contributed by atoms with E-state index in [1.165, 1.54) is 6.26 Å². The second-order valence-electron chi connectivity index (χ2n) is 4.78. The lowest BCUT2D eigenvalue weighted by Gasteiger charge is -2.01. The molecular formula is C16H14N2O4. The Hall–Kier alpha value is -2.89. The van der Waals surface area contributed by atoms with E-state index in [0.29, 0.717) is 11.3 Å². The van der Waals surface area contributed by atoms with E-state index in [-0.39, 0.29) is 18.2 Å². The lowest BCUT2D eigenvalue weighted by molar-refractivity contribution is 0.0965. The van der Waals surface area contributed by atoms with Crippen LogP contribution in [0.1, 0.15) is 22.8 Å². The minimum atomic E-state index is -0.690. The fourth-order valence-electron chi connectivity index (χ4n) is 2.06. The summed E-state index contributed by atoms with van der Waals surface area (Å²) in [6, 6.07) is 10.6. The van der Waals surface area contributed by atoms with Crippen LogP contribution in [0.3, 0.4) is 0 Å². The molecule has 2 aromatic heterocycles. The smallest absolute Gasteiger partial charge is 0.437 e. The number of aryl methyl sites for hydroxylation is 1. The minimum absolute atomic E-state index is 0.0594. The lowest BCUT2D eigenvalue weighted by atomic mass is 10.1. The topological polar surface area (TPSA) is 78.2 Å². The zero-order valence-electron chi connectivity index (χ0n) is 12.0. The van der Waals surface area contributed by atoms with E-state index in [2.05, 4.69) is 5.10 Å². The summed E-state index contributed by atoms with van der Waals surface area (Å²) in [5, 5.41) is 3.97. The van der Waals surface area contributed by atoms with Crippen LogP contribution < -0.4 is 5.76 Å². The van der Waals surface area contributed by atoms with E-state index in [1.54, 1.807) is 24.3 Å². The van der Waals surface area contributed by atoms with Gasteiger partial charge in [0.05, 0.1) is 6.26 Å². The molecule has 0 atom stereocenters. The van der Waals surface area contributed by atoms with Crippen LogP contribution in [0.5, 0.6) is 0 Å². The van der Waals surface area contributed by atoms with Gasteiger partial charge in [0.15, 0.2) is 11.5 Å². The van der Waals surface area contributed by atoms with Crippen LogP contribution in [-0.2, 0) is 13.0 Å². The molecule has 0 radical (unpaired) electrons. The maximum absolute atomic E-state index is 12.2. The van der Waals surface area contributed by atoms with Crippen molar-refractivity contribution in [2.75, 3.05) is 0 Å². The van der Waals surface area contributed by atoms with Gasteiger partial charge in [-0.1, -0.05) is 31.2 Å². The van der Waals surface area contributed by atoms with Crippen molar-refractivity contribution in [3.63, 3.8) is 0 Å². The van der Waals surface area contributed by atoms with Gasteiger partial charge in [-0.15, -0.1) is 5.10 Å². The summed E-state index contributed by atoms with van der Waals surface area (Å²) in [7, 11) is 0. The van der Waals surface area contributed by atoms with Gasteiger partial charge in [-0.25, -0.2) is 4.79 Å². The maximum Gasteiger partial charge on any atom is 0.437 e. The molecule has 0 aliphatic rings. The molecule has 6 nitrogen and oxygen atoms in total.